The molecule has 0 aromatic carbocycles. The standard InChI is InChI=1S/C11H16BrNOS/c1-3-15-6-4-5-13-8-10(12)7-9(2)11(13)14/h7-8H,3-6H2,1-2H3. The second-order valence-corrected chi connectivity index (χ2v) is 5.70. The van der Waals surface area contributed by atoms with Gasteiger partial charge in [0.1, 0.15) is 0 Å². The predicted molar refractivity (Wildman–Crippen MR) is 70.8 cm³/mol. The number of nitrogens with zero attached hydrogens (tertiary/aromatic N) is 1. The molecular weight excluding hydrogens is 274 g/mol. The van der Waals surface area contributed by atoms with Gasteiger partial charge in [-0.1, -0.05) is 6.92 Å². The zero-order valence-electron chi connectivity index (χ0n) is 9.12. The van der Waals surface area contributed by atoms with Crippen LogP contribution in [-0.2, 0) is 6.54 Å². The summed E-state index contributed by atoms with van der Waals surface area (Å²) in [6, 6.07) is 1.86. The molecule has 1 aromatic heterocycles. The number of halogens is 1. The summed E-state index contributed by atoms with van der Waals surface area (Å²) in [5, 5.41) is 0. The summed E-state index contributed by atoms with van der Waals surface area (Å²) in [6.07, 6.45) is 2.92. The molecule has 0 radical (unpaired) electrons. The minimum Gasteiger partial charge on any atom is -0.314 e. The molecule has 0 atom stereocenters. The van der Waals surface area contributed by atoms with Gasteiger partial charge in [0.25, 0.3) is 5.56 Å². The zero-order valence-corrected chi connectivity index (χ0v) is 11.5. The van der Waals surface area contributed by atoms with E-state index in [2.05, 4.69) is 22.9 Å². The van der Waals surface area contributed by atoms with Gasteiger partial charge in [0, 0.05) is 22.8 Å². The third-order valence-electron chi connectivity index (χ3n) is 2.12. The average Bonchev–Trinajstić information content (AvgIpc) is 2.19. The average molecular weight is 290 g/mol. The molecule has 2 nitrogen and oxygen atoms in total. The molecule has 0 unspecified atom stereocenters. The van der Waals surface area contributed by atoms with E-state index in [0.717, 1.165) is 34.5 Å². The molecule has 0 aliphatic carbocycles. The number of pyridine rings is 1. The summed E-state index contributed by atoms with van der Waals surface area (Å²) in [6.45, 7) is 4.82. The van der Waals surface area contributed by atoms with Gasteiger partial charge in [0.15, 0.2) is 0 Å². The van der Waals surface area contributed by atoms with E-state index in [9.17, 15) is 4.79 Å². The molecule has 0 amide bonds. The summed E-state index contributed by atoms with van der Waals surface area (Å²) in [5.41, 5.74) is 0.923. The summed E-state index contributed by atoms with van der Waals surface area (Å²) in [5.74, 6) is 2.26. The fourth-order valence-corrected chi connectivity index (χ4v) is 2.60. The first kappa shape index (κ1) is 12.8. The first-order valence-electron chi connectivity index (χ1n) is 5.09. The highest BCUT2D eigenvalue weighted by atomic mass is 79.9. The highest BCUT2D eigenvalue weighted by Crippen LogP contribution is 2.09. The Morgan fingerprint density at radius 1 is 1.53 bits per heavy atom. The van der Waals surface area contributed by atoms with Gasteiger partial charge in [0.2, 0.25) is 0 Å². The molecule has 0 aliphatic rings. The van der Waals surface area contributed by atoms with E-state index in [1.165, 1.54) is 0 Å². The lowest BCUT2D eigenvalue weighted by Gasteiger charge is -2.07. The van der Waals surface area contributed by atoms with E-state index in [1.807, 2.05) is 30.9 Å². The van der Waals surface area contributed by atoms with Crippen molar-refractivity contribution >= 4 is 27.7 Å². The Kier molecular flexibility index (Phi) is 5.47. The number of thioether (sulfide) groups is 1. The largest absolute Gasteiger partial charge is 0.314 e. The number of aromatic nitrogens is 1. The molecule has 0 N–H and O–H groups in total. The van der Waals surface area contributed by atoms with Crippen molar-refractivity contribution in [3.63, 3.8) is 0 Å². The predicted octanol–water partition coefficient (Wildman–Crippen LogP) is 3.06. The van der Waals surface area contributed by atoms with Gasteiger partial charge in [-0.05, 0) is 46.8 Å². The van der Waals surface area contributed by atoms with Crippen LogP contribution in [0.4, 0.5) is 0 Å². The van der Waals surface area contributed by atoms with Gasteiger partial charge < -0.3 is 4.57 Å². The minimum atomic E-state index is 0.125. The molecule has 4 heteroatoms. The van der Waals surface area contributed by atoms with Gasteiger partial charge in [-0.15, -0.1) is 0 Å². The van der Waals surface area contributed by atoms with E-state index >= 15 is 0 Å². The third kappa shape index (κ3) is 4.03. The van der Waals surface area contributed by atoms with Crippen molar-refractivity contribution in [3.05, 3.63) is 32.7 Å². The van der Waals surface area contributed by atoms with Gasteiger partial charge in [-0.25, -0.2) is 0 Å². The quantitative estimate of drug-likeness (QED) is 0.778. The highest BCUT2D eigenvalue weighted by Gasteiger charge is 2.01. The number of aryl methyl sites for hydroxylation is 2. The van der Waals surface area contributed by atoms with Gasteiger partial charge >= 0.3 is 0 Å². The third-order valence-corrected chi connectivity index (χ3v) is 3.54. The van der Waals surface area contributed by atoms with Gasteiger partial charge in [-0.2, -0.15) is 11.8 Å². The normalized spacial score (nSPS) is 10.6. The van der Waals surface area contributed by atoms with Crippen molar-refractivity contribution < 1.29 is 0 Å². The van der Waals surface area contributed by atoms with Crippen molar-refractivity contribution in [1.82, 2.24) is 4.57 Å². The summed E-state index contributed by atoms with van der Waals surface area (Å²) in [7, 11) is 0. The van der Waals surface area contributed by atoms with Crippen molar-refractivity contribution in [1.29, 1.82) is 0 Å². The molecule has 84 valence electrons. The molecule has 1 aromatic rings. The summed E-state index contributed by atoms with van der Waals surface area (Å²) >= 11 is 5.32. The van der Waals surface area contributed by atoms with Crippen molar-refractivity contribution in [2.75, 3.05) is 11.5 Å². The van der Waals surface area contributed by atoms with Gasteiger partial charge in [-0.3, -0.25) is 4.79 Å². The Hall–Kier alpha value is -0.220. The summed E-state index contributed by atoms with van der Waals surface area (Å²) in [4.78, 5) is 11.7. The Bertz CT molecular complexity index is 375. The molecule has 15 heavy (non-hydrogen) atoms. The smallest absolute Gasteiger partial charge is 0.253 e. The Morgan fingerprint density at radius 3 is 2.93 bits per heavy atom. The van der Waals surface area contributed by atoms with Crippen molar-refractivity contribution in [2.45, 2.75) is 26.8 Å². The van der Waals surface area contributed by atoms with Crippen LogP contribution in [-0.4, -0.2) is 16.1 Å². The fraction of sp³-hybridized carbons (Fsp3) is 0.545. The minimum absolute atomic E-state index is 0.125. The first-order valence-corrected chi connectivity index (χ1v) is 7.04. The lowest BCUT2D eigenvalue weighted by Crippen LogP contribution is -2.21. The Balaban J connectivity index is 2.64. The molecule has 0 bridgehead atoms. The number of hydrogen-bond donors (Lipinski definition) is 0. The maximum absolute atomic E-state index is 11.7. The van der Waals surface area contributed by atoms with E-state index in [-0.39, 0.29) is 5.56 Å². The monoisotopic (exact) mass is 289 g/mol. The topological polar surface area (TPSA) is 22.0 Å². The maximum atomic E-state index is 11.7. The van der Waals surface area contributed by atoms with Crippen LogP contribution in [0.3, 0.4) is 0 Å². The lowest BCUT2D eigenvalue weighted by atomic mass is 10.3. The first-order chi connectivity index (χ1) is 7.15. The van der Waals surface area contributed by atoms with Crippen LogP contribution in [0.15, 0.2) is 21.5 Å². The highest BCUT2D eigenvalue weighted by molar-refractivity contribution is 9.10. The second kappa shape index (κ2) is 6.38. The Morgan fingerprint density at radius 2 is 2.27 bits per heavy atom. The Labute approximate surface area is 103 Å². The zero-order chi connectivity index (χ0) is 11.3. The molecule has 0 saturated carbocycles. The van der Waals surface area contributed by atoms with E-state index in [4.69, 9.17) is 0 Å². The van der Waals surface area contributed by atoms with E-state index in [1.54, 1.807) is 4.57 Å². The van der Waals surface area contributed by atoms with Gasteiger partial charge in [0.05, 0.1) is 0 Å². The van der Waals surface area contributed by atoms with Crippen LogP contribution >= 0.6 is 27.7 Å². The van der Waals surface area contributed by atoms with E-state index < -0.39 is 0 Å². The molecule has 1 rings (SSSR count). The van der Waals surface area contributed by atoms with Crippen LogP contribution in [0.5, 0.6) is 0 Å². The van der Waals surface area contributed by atoms with Crippen LogP contribution in [0, 0.1) is 6.92 Å². The van der Waals surface area contributed by atoms with E-state index in [0.29, 0.717) is 0 Å². The molecule has 0 fully saturated rings. The van der Waals surface area contributed by atoms with Crippen LogP contribution in [0.2, 0.25) is 0 Å². The van der Waals surface area contributed by atoms with Crippen LogP contribution in [0.25, 0.3) is 0 Å². The number of rotatable bonds is 5. The fourth-order valence-electron chi connectivity index (χ4n) is 1.39. The molecule has 1 heterocycles. The second-order valence-electron chi connectivity index (χ2n) is 3.39. The van der Waals surface area contributed by atoms with Crippen LogP contribution in [0.1, 0.15) is 18.9 Å². The number of hydrogen-bond acceptors (Lipinski definition) is 2. The van der Waals surface area contributed by atoms with Crippen LogP contribution < -0.4 is 5.56 Å². The van der Waals surface area contributed by atoms with Crippen molar-refractivity contribution in [3.8, 4) is 0 Å². The molecule has 0 spiro atoms. The molecule has 0 saturated heterocycles. The summed E-state index contributed by atoms with van der Waals surface area (Å²) < 4.78 is 2.76. The maximum Gasteiger partial charge on any atom is 0.253 e. The SMILES string of the molecule is CCSCCCn1cc(Br)cc(C)c1=O. The molecular formula is C11H16BrNOS. The lowest BCUT2D eigenvalue weighted by molar-refractivity contribution is 0.653. The molecule has 0 aliphatic heterocycles. The van der Waals surface area contributed by atoms with Crippen molar-refractivity contribution in [2.24, 2.45) is 0 Å².